The van der Waals surface area contributed by atoms with Crippen LogP contribution in [0.3, 0.4) is 0 Å². The van der Waals surface area contributed by atoms with Crippen LogP contribution < -0.4 is 10.6 Å². The standard InChI is InChI=1S/C17H20BrN3O/c1-17(2,3)21-15-8-7-14(11-19-15)20-16(22)10-12-5-4-6-13(18)9-12/h4-9,11H,10H2,1-3H3,(H,19,21)(H,20,22). The number of pyridine rings is 1. The number of rotatable bonds is 4. The van der Waals surface area contributed by atoms with Crippen molar-refractivity contribution in [3.8, 4) is 0 Å². The fourth-order valence-electron chi connectivity index (χ4n) is 1.96. The fraction of sp³-hybridized carbons (Fsp3) is 0.294. The van der Waals surface area contributed by atoms with Crippen LogP contribution in [0.4, 0.5) is 11.5 Å². The summed E-state index contributed by atoms with van der Waals surface area (Å²) in [7, 11) is 0. The van der Waals surface area contributed by atoms with Crippen LogP contribution in [0.1, 0.15) is 26.3 Å². The van der Waals surface area contributed by atoms with Crippen molar-refractivity contribution in [2.75, 3.05) is 10.6 Å². The Morgan fingerprint density at radius 2 is 2.00 bits per heavy atom. The highest BCUT2D eigenvalue weighted by Crippen LogP contribution is 2.16. The van der Waals surface area contributed by atoms with E-state index in [4.69, 9.17) is 0 Å². The summed E-state index contributed by atoms with van der Waals surface area (Å²) in [6, 6.07) is 11.4. The molecule has 2 rings (SSSR count). The highest BCUT2D eigenvalue weighted by Gasteiger charge is 2.10. The van der Waals surface area contributed by atoms with E-state index in [1.54, 1.807) is 6.20 Å². The second kappa shape index (κ2) is 6.92. The SMILES string of the molecule is CC(C)(C)Nc1ccc(NC(=O)Cc2cccc(Br)c2)cn1. The van der Waals surface area contributed by atoms with Crippen LogP contribution in [0.2, 0.25) is 0 Å². The molecule has 0 aliphatic carbocycles. The third-order valence-electron chi connectivity index (χ3n) is 2.80. The summed E-state index contributed by atoms with van der Waals surface area (Å²) in [4.78, 5) is 16.3. The number of anilines is 2. The molecule has 0 spiro atoms. The summed E-state index contributed by atoms with van der Waals surface area (Å²) < 4.78 is 0.970. The van der Waals surface area contributed by atoms with Gasteiger partial charge in [0.1, 0.15) is 5.82 Å². The Morgan fingerprint density at radius 3 is 2.59 bits per heavy atom. The van der Waals surface area contributed by atoms with Gasteiger partial charge in [-0.15, -0.1) is 0 Å². The van der Waals surface area contributed by atoms with Crippen LogP contribution in [-0.4, -0.2) is 16.4 Å². The smallest absolute Gasteiger partial charge is 0.228 e. The van der Waals surface area contributed by atoms with E-state index >= 15 is 0 Å². The molecule has 1 aromatic heterocycles. The van der Waals surface area contributed by atoms with Crippen molar-refractivity contribution in [2.24, 2.45) is 0 Å². The van der Waals surface area contributed by atoms with Crippen LogP contribution in [0.25, 0.3) is 0 Å². The summed E-state index contributed by atoms with van der Waals surface area (Å²) in [6.07, 6.45) is 1.99. The van der Waals surface area contributed by atoms with Crippen LogP contribution >= 0.6 is 15.9 Å². The van der Waals surface area contributed by atoms with Crippen molar-refractivity contribution in [1.82, 2.24) is 4.98 Å². The van der Waals surface area contributed by atoms with Gasteiger partial charge in [0.05, 0.1) is 18.3 Å². The van der Waals surface area contributed by atoms with Crippen molar-refractivity contribution >= 4 is 33.3 Å². The summed E-state index contributed by atoms with van der Waals surface area (Å²) in [5, 5.41) is 6.13. The lowest BCUT2D eigenvalue weighted by molar-refractivity contribution is -0.115. The molecule has 1 heterocycles. The monoisotopic (exact) mass is 361 g/mol. The minimum Gasteiger partial charge on any atom is -0.365 e. The first-order valence-electron chi connectivity index (χ1n) is 7.10. The average Bonchev–Trinajstić information content (AvgIpc) is 2.39. The number of carbonyl (C=O) groups excluding carboxylic acids is 1. The van der Waals surface area contributed by atoms with Gasteiger partial charge in [-0.1, -0.05) is 28.1 Å². The Morgan fingerprint density at radius 1 is 1.23 bits per heavy atom. The van der Waals surface area contributed by atoms with Gasteiger partial charge in [0.2, 0.25) is 5.91 Å². The quantitative estimate of drug-likeness (QED) is 0.856. The van der Waals surface area contributed by atoms with E-state index < -0.39 is 0 Å². The maximum atomic E-state index is 12.0. The van der Waals surface area contributed by atoms with E-state index in [-0.39, 0.29) is 11.4 Å². The molecule has 1 aromatic carbocycles. The number of hydrogen-bond donors (Lipinski definition) is 2. The predicted octanol–water partition coefficient (Wildman–Crippen LogP) is 4.24. The maximum absolute atomic E-state index is 12.0. The Hall–Kier alpha value is -1.88. The molecule has 2 N–H and O–H groups in total. The van der Waals surface area contributed by atoms with Crippen molar-refractivity contribution in [3.63, 3.8) is 0 Å². The zero-order chi connectivity index (χ0) is 16.2. The average molecular weight is 362 g/mol. The van der Waals surface area contributed by atoms with Gasteiger partial charge in [-0.25, -0.2) is 4.98 Å². The van der Waals surface area contributed by atoms with Gasteiger partial charge in [-0.3, -0.25) is 4.79 Å². The molecule has 2 aromatic rings. The molecule has 0 saturated carbocycles. The van der Waals surface area contributed by atoms with E-state index in [0.717, 1.165) is 15.9 Å². The van der Waals surface area contributed by atoms with Crippen molar-refractivity contribution in [3.05, 3.63) is 52.6 Å². The lowest BCUT2D eigenvalue weighted by atomic mass is 10.1. The second-order valence-electron chi connectivity index (χ2n) is 6.16. The molecular weight excluding hydrogens is 342 g/mol. The Balaban J connectivity index is 1.94. The third-order valence-corrected chi connectivity index (χ3v) is 3.30. The van der Waals surface area contributed by atoms with Gasteiger partial charge >= 0.3 is 0 Å². The summed E-state index contributed by atoms with van der Waals surface area (Å²) >= 11 is 3.40. The summed E-state index contributed by atoms with van der Waals surface area (Å²) in [6.45, 7) is 6.22. The van der Waals surface area contributed by atoms with Gasteiger partial charge < -0.3 is 10.6 Å². The van der Waals surface area contributed by atoms with E-state index in [9.17, 15) is 4.79 Å². The van der Waals surface area contributed by atoms with Gasteiger partial charge in [0.25, 0.3) is 0 Å². The fourth-order valence-corrected chi connectivity index (χ4v) is 2.41. The van der Waals surface area contributed by atoms with E-state index in [1.165, 1.54) is 0 Å². The second-order valence-corrected chi connectivity index (χ2v) is 7.08. The molecule has 0 unspecified atom stereocenters. The molecule has 0 aliphatic heterocycles. The third kappa shape index (κ3) is 5.48. The number of benzene rings is 1. The largest absolute Gasteiger partial charge is 0.365 e. The first-order chi connectivity index (χ1) is 10.3. The highest BCUT2D eigenvalue weighted by atomic mass is 79.9. The number of halogens is 1. The number of carbonyl (C=O) groups is 1. The van der Waals surface area contributed by atoms with Gasteiger partial charge in [-0.05, 0) is 50.6 Å². The Labute approximate surface area is 139 Å². The van der Waals surface area contributed by atoms with Crippen LogP contribution in [0, 0.1) is 0 Å². The first kappa shape index (κ1) is 16.5. The Kier molecular flexibility index (Phi) is 5.19. The van der Waals surface area contributed by atoms with Crippen molar-refractivity contribution in [1.29, 1.82) is 0 Å². The predicted molar refractivity (Wildman–Crippen MR) is 94.1 cm³/mol. The molecule has 0 bridgehead atoms. The lowest BCUT2D eigenvalue weighted by Crippen LogP contribution is -2.26. The number of hydrogen-bond acceptors (Lipinski definition) is 3. The molecule has 5 heteroatoms. The van der Waals surface area contributed by atoms with E-state index in [1.807, 2.05) is 36.4 Å². The zero-order valence-corrected chi connectivity index (χ0v) is 14.6. The van der Waals surface area contributed by atoms with Gasteiger partial charge in [-0.2, -0.15) is 0 Å². The normalized spacial score (nSPS) is 11.1. The number of nitrogens with zero attached hydrogens (tertiary/aromatic N) is 1. The first-order valence-corrected chi connectivity index (χ1v) is 7.90. The summed E-state index contributed by atoms with van der Waals surface area (Å²) in [5.41, 5.74) is 1.61. The molecule has 0 atom stereocenters. The highest BCUT2D eigenvalue weighted by molar-refractivity contribution is 9.10. The minimum atomic E-state index is -0.0589. The molecule has 0 saturated heterocycles. The number of amides is 1. The summed E-state index contributed by atoms with van der Waals surface area (Å²) in [5.74, 6) is 0.730. The van der Waals surface area contributed by atoms with Gasteiger partial charge in [0, 0.05) is 10.0 Å². The maximum Gasteiger partial charge on any atom is 0.228 e. The molecule has 116 valence electrons. The molecular formula is C17H20BrN3O. The molecule has 0 fully saturated rings. The molecule has 0 aliphatic rings. The van der Waals surface area contributed by atoms with Crippen molar-refractivity contribution in [2.45, 2.75) is 32.7 Å². The molecule has 1 amide bonds. The lowest BCUT2D eigenvalue weighted by Gasteiger charge is -2.21. The number of aromatic nitrogens is 1. The van der Waals surface area contributed by atoms with Crippen molar-refractivity contribution < 1.29 is 4.79 Å². The minimum absolute atomic E-state index is 0.0432. The topological polar surface area (TPSA) is 54.0 Å². The molecule has 4 nitrogen and oxygen atoms in total. The zero-order valence-electron chi connectivity index (χ0n) is 13.0. The number of nitrogens with one attached hydrogen (secondary N) is 2. The molecule has 22 heavy (non-hydrogen) atoms. The molecule has 0 radical (unpaired) electrons. The van der Waals surface area contributed by atoms with Gasteiger partial charge in [0.15, 0.2) is 0 Å². The van der Waals surface area contributed by atoms with Crippen LogP contribution in [0.15, 0.2) is 47.1 Å². The van der Waals surface area contributed by atoms with Crippen LogP contribution in [-0.2, 0) is 11.2 Å². The Bertz CT molecular complexity index is 648. The van der Waals surface area contributed by atoms with E-state index in [2.05, 4.69) is 52.3 Å². The van der Waals surface area contributed by atoms with Crippen LogP contribution in [0.5, 0.6) is 0 Å². The van der Waals surface area contributed by atoms with E-state index in [0.29, 0.717) is 12.1 Å².